The number of fused-ring (bicyclic) bond motifs is 3. The Bertz CT molecular complexity index is 1250. The minimum absolute atomic E-state index is 0.0205. The minimum Gasteiger partial charge on any atom is -0.478 e. The third-order valence-electron chi connectivity index (χ3n) is 6.88. The number of carbonyl (C=O) groups excluding carboxylic acids is 2. The molecule has 5 rings (SSSR count). The molecule has 7 nitrogen and oxygen atoms in total. The van der Waals surface area contributed by atoms with Crippen LogP contribution in [0, 0.1) is 5.41 Å². The number of aromatic carboxylic acids is 1. The van der Waals surface area contributed by atoms with Crippen molar-refractivity contribution in [3.8, 4) is 11.1 Å². The highest BCUT2D eigenvalue weighted by atomic mass is 16.5. The van der Waals surface area contributed by atoms with Crippen molar-refractivity contribution in [2.75, 3.05) is 13.2 Å². The summed E-state index contributed by atoms with van der Waals surface area (Å²) in [6.07, 6.45) is 0.815. The average Bonchev–Trinajstić information content (AvgIpc) is 3.61. The molecule has 0 radical (unpaired) electrons. The summed E-state index contributed by atoms with van der Waals surface area (Å²) in [5, 5.41) is 14.7. The van der Waals surface area contributed by atoms with E-state index >= 15 is 0 Å². The van der Waals surface area contributed by atoms with Crippen LogP contribution in [0.1, 0.15) is 45.8 Å². The lowest BCUT2D eigenvalue weighted by Crippen LogP contribution is -2.40. The maximum absolute atomic E-state index is 12.8. The van der Waals surface area contributed by atoms with Gasteiger partial charge in [-0.1, -0.05) is 60.7 Å². The van der Waals surface area contributed by atoms with Crippen LogP contribution in [-0.4, -0.2) is 36.2 Å². The zero-order valence-electron chi connectivity index (χ0n) is 19.1. The van der Waals surface area contributed by atoms with Crippen molar-refractivity contribution in [2.24, 2.45) is 5.41 Å². The van der Waals surface area contributed by atoms with Crippen LogP contribution >= 0.6 is 0 Å². The number of carboxylic acids is 1. The number of ether oxygens (including phenoxy) is 1. The molecule has 0 aromatic heterocycles. The molecule has 1 saturated carbocycles. The number of carbonyl (C=O) groups is 3. The number of carboxylic acid groups (broad SMARTS) is 1. The van der Waals surface area contributed by atoms with E-state index in [4.69, 9.17) is 9.84 Å². The van der Waals surface area contributed by atoms with E-state index in [2.05, 4.69) is 34.9 Å². The normalized spacial score (nSPS) is 15.0. The molecule has 0 heterocycles. The van der Waals surface area contributed by atoms with Crippen molar-refractivity contribution < 1.29 is 24.2 Å². The van der Waals surface area contributed by atoms with Gasteiger partial charge in [0.1, 0.15) is 6.61 Å². The molecule has 0 spiro atoms. The van der Waals surface area contributed by atoms with Gasteiger partial charge in [0.05, 0.1) is 11.0 Å². The van der Waals surface area contributed by atoms with Gasteiger partial charge in [0, 0.05) is 19.0 Å². The Morgan fingerprint density at radius 2 is 1.54 bits per heavy atom. The Morgan fingerprint density at radius 1 is 0.886 bits per heavy atom. The number of hydrogen-bond donors (Lipinski definition) is 3. The summed E-state index contributed by atoms with van der Waals surface area (Å²) in [5.41, 5.74) is 4.86. The van der Waals surface area contributed by atoms with Gasteiger partial charge in [-0.15, -0.1) is 0 Å². The Balaban J connectivity index is 1.14. The highest BCUT2D eigenvalue weighted by Crippen LogP contribution is 2.46. The SMILES string of the molecule is O=C(NCC1(C(=O)NCc2cccc(C(=O)O)c2)CC1)OCC1c2ccccc2-c2ccccc21. The number of amides is 2. The second kappa shape index (κ2) is 9.25. The van der Waals surface area contributed by atoms with E-state index in [1.807, 2.05) is 24.3 Å². The summed E-state index contributed by atoms with van der Waals surface area (Å²) in [4.78, 5) is 36.4. The van der Waals surface area contributed by atoms with Crippen molar-refractivity contribution in [3.63, 3.8) is 0 Å². The predicted octanol–water partition coefficient (Wildman–Crippen LogP) is 4.32. The van der Waals surface area contributed by atoms with Crippen LogP contribution in [0.15, 0.2) is 72.8 Å². The zero-order chi connectivity index (χ0) is 24.4. The van der Waals surface area contributed by atoms with E-state index in [-0.39, 0.29) is 37.1 Å². The number of benzene rings is 3. The van der Waals surface area contributed by atoms with Crippen molar-refractivity contribution >= 4 is 18.0 Å². The second-order valence-corrected chi connectivity index (χ2v) is 9.15. The van der Waals surface area contributed by atoms with Crippen LogP contribution in [0.5, 0.6) is 0 Å². The molecule has 2 aliphatic carbocycles. The standard InChI is InChI=1S/C28H26N2O5/c31-25(32)19-7-5-6-18(14-19)15-29-26(33)28(12-13-28)17-30-27(34)35-16-24-22-10-3-1-8-20(22)21-9-2-4-11-23(21)24/h1-11,14,24H,12-13,15-17H2,(H,29,33)(H,30,34)(H,31,32). The highest BCUT2D eigenvalue weighted by Gasteiger charge is 2.49. The minimum atomic E-state index is -1.01. The van der Waals surface area contributed by atoms with Gasteiger partial charge >= 0.3 is 12.1 Å². The molecule has 178 valence electrons. The van der Waals surface area contributed by atoms with Crippen molar-refractivity contribution in [1.29, 1.82) is 0 Å². The quantitative estimate of drug-likeness (QED) is 0.455. The van der Waals surface area contributed by atoms with E-state index in [0.29, 0.717) is 18.4 Å². The first kappa shape index (κ1) is 22.7. The predicted molar refractivity (Wildman–Crippen MR) is 130 cm³/mol. The number of nitrogens with one attached hydrogen (secondary N) is 2. The maximum atomic E-state index is 12.8. The zero-order valence-corrected chi connectivity index (χ0v) is 19.1. The van der Waals surface area contributed by atoms with E-state index in [1.54, 1.807) is 12.1 Å². The lowest BCUT2D eigenvalue weighted by molar-refractivity contribution is -0.126. The van der Waals surface area contributed by atoms with Crippen molar-refractivity contribution in [2.45, 2.75) is 25.3 Å². The third-order valence-corrected chi connectivity index (χ3v) is 6.88. The van der Waals surface area contributed by atoms with Crippen LogP contribution in [0.25, 0.3) is 11.1 Å². The van der Waals surface area contributed by atoms with Crippen LogP contribution in [0.4, 0.5) is 4.79 Å². The maximum Gasteiger partial charge on any atom is 0.407 e. The summed E-state index contributed by atoms with van der Waals surface area (Å²) in [6.45, 7) is 0.649. The molecule has 0 bridgehead atoms. The van der Waals surface area contributed by atoms with Crippen LogP contribution in [0.3, 0.4) is 0 Å². The number of rotatable bonds is 8. The molecule has 0 atom stereocenters. The second-order valence-electron chi connectivity index (χ2n) is 9.15. The fourth-order valence-corrected chi connectivity index (χ4v) is 4.71. The fraction of sp³-hybridized carbons (Fsp3) is 0.250. The first-order valence-electron chi connectivity index (χ1n) is 11.7. The summed E-state index contributed by atoms with van der Waals surface area (Å²) < 4.78 is 5.57. The van der Waals surface area contributed by atoms with Crippen LogP contribution in [-0.2, 0) is 16.1 Å². The van der Waals surface area contributed by atoms with E-state index in [0.717, 1.165) is 11.1 Å². The van der Waals surface area contributed by atoms with Gasteiger partial charge in [0.25, 0.3) is 0 Å². The summed E-state index contributed by atoms with van der Waals surface area (Å²) in [6, 6.07) is 22.8. The van der Waals surface area contributed by atoms with Crippen molar-refractivity contribution in [1.82, 2.24) is 10.6 Å². The molecule has 2 aliphatic rings. The van der Waals surface area contributed by atoms with Gasteiger partial charge in [-0.3, -0.25) is 4.79 Å². The molecule has 3 N–H and O–H groups in total. The summed E-state index contributed by atoms with van der Waals surface area (Å²) in [5.74, 6) is -1.19. The average molecular weight is 471 g/mol. The molecular formula is C28H26N2O5. The molecule has 2 amide bonds. The first-order valence-corrected chi connectivity index (χ1v) is 11.7. The Morgan fingerprint density at radius 3 is 2.17 bits per heavy atom. The van der Waals surface area contributed by atoms with Crippen LogP contribution in [0.2, 0.25) is 0 Å². The fourth-order valence-electron chi connectivity index (χ4n) is 4.71. The van der Waals surface area contributed by atoms with Crippen LogP contribution < -0.4 is 10.6 Å². The smallest absolute Gasteiger partial charge is 0.407 e. The monoisotopic (exact) mass is 470 g/mol. The van der Waals surface area contributed by atoms with Gasteiger partial charge in [-0.2, -0.15) is 0 Å². The molecule has 3 aromatic rings. The van der Waals surface area contributed by atoms with E-state index in [1.165, 1.54) is 23.3 Å². The van der Waals surface area contributed by atoms with Gasteiger partial charge in [0.2, 0.25) is 5.91 Å². The number of alkyl carbamates (subject to hydrolysis) is 1. The van der Waals surface area contributed by atoms with Gasteiger partial charge < -0.3 is 20.5 Å². The lowest BCUT2D eigenvalue weighted by Gasteiger charge is -2.18. The third kappa shape index (κ3) is 4.62. The van der Waals surface area contributed by atoms with Crippen molar-refractivity contribution in [3.05, 3.63) is 95.1 Å². The molecule has 7 heteroatoms. The highest BCUT2D eigenvalue weighted by molar-refractivity contribution is 5.88. The van der Waals surface area contributed by atoms with E-state index in [9.17, 15) is 14.4 Å². The lowest BCUT2D eigenvalue weighted by atomic mass is 9.98. The Labute approximate surface area is 203 Å². The largest absolute Gasteiger partial charge is 0.478 e. The first-order chi connectivity index (χ1) is 17.0. The van der Waals surface area contributed by atoms with Gasteiger partial charge in [-0.05, 0) is 52.8 Å². The molecule has 1 fully saturated rings. The van der Waals surface area contributed by atoms with Gasteiger partial charge in [-0.25, -0.2) is 9.59 Å². The molecule has 3 aromatic carbocycles. The molecular weight excluding hydrogens is 444 g/mol. The number of hydrogen-bond acceptors (Lipinski definition) is 4. The summed E-state index contributed by atoms with van der Waals surface area (Å²) in [7, 11) is 0. The summed E-state index contributed by atoms with van der Waals surface area (Å²) >= 11 is 0. The molecule has 0 saturated heterocycles. The Kier molecular flexibility index (Phi) is 5.99. The van der Waals surface area contributed by atoms with E-state index < -0.39 is 17.5 Å². The molecule has 0 unspecified atom stereocenters. The molecule has 0 aliphatic heterocycles. The van der Waals surface area contributed by atoms with Gasteiger partial charge in [0.15, 0.2) is 0 Å². The Hall–Kier alpha value is -4.13. The topological polar surface area (TPSA) is 105 Å². The molecule has 35 heavy (non-hydrogen) atoms.